The van der Waals surface area contributed by atoms with Crippen molar-refractivity contribution in [3.63, 3.8) is 0 Å². The minimum atomic E-state index is 0.243. The van der Waals surface area contributed by atoms with Gasteiger partial charge in [0.25, 0.3) is 0 Å². The predicted octanol–water partition coefficient (Wildman–Crippen LogP) is 0.474. The van der Waals surface area contributed by atoms with Crippen LogP contribution in [0.2, 0.25) is 0 Å². The third kappa shape index (κ3) is 0.881. The van der Waals surface area contributed by atoms with Crippen LogP contribution in [0.3, 0.4) is 0 Å². The molecule has 7 heavy (non-hydrogen) atoms. The minimum Gasteiger partial charge on any atom is -0.361 e. The van der Waals surface area contributed by atoms with Crippen molar-refractivity contribution >= 4 is 15.9 Å². The third-order valence-electron chi connectivity index (χ3n) is 0.829. The number of hydrogen-bond donors (Lipinski definition) is 1. The van der Waals surface area contributed by atoms with Crippen molar-refractivity contribution in [3.05, 3.63) is 12.4 Å². The second-order valence-corrected chi connectivity index (χ2v) is 2.25. The van der Waals surface area contributed by atoms with E-state index in [1.807, 2.05) is 11.9 Å². The van der Waals surface area contributed by atoms with Crippen molar-refractivity contribution in [2.45, 2.75) is 5.08 Å². The molecule has 0 saturated heterocycles. The minimum absolute atomic E-state index is 0.243. The highest BCUT2D eigenvalue weighted by Gasteiger charge is 2.08. The number of nitrogens with zero attached hydrogens (tertiary/aromatic N) is 1. The zero-order chi connectivity index (χ0) is 5.28. The summed E-state index contributed by atoms with van der Waals surface area (Å²) in [5.41, 5.74) is 0. The molecule has 2 nitrogen and oxygen atoms in total. The first-order valence-electron chi connectivity index (χ1n) is 2.01. The molecular weight excluding hydrogens is 156 g/mol. The van der Waals surface area contributed by atoms with Gasteiger partial charge in [0.1, 0.15) is 0 Å². The fourth-order valence-corrected chi connectivity index (χ4v) is 0.635. The summed E-state index contributed by atoms with van der Waals surface area (Å²) < 4.78 is 0. The number of rotatable bonds is 0. The summed E-state index contributed by atoms with van der Waals surface area (Å²) in [4.78, 5) is 1.90. The summed E-state index contributed by atoms with van der Waals surface area (Å²) in [6.45, 7) is 0. The molecule has 1 aliphatic heterocycles. The number of hydrogen-bond acceptors (Lipinski definition) is 2. The summed E-state index contributed by atoms with van der Waals surface area (Å²) in [7, 11) is 1.94. The first kappa shape index (κ1) is 4.97. The Kier molecular flexibility index (Phi) is 1.23. The molecule has 1 aliphatic rings. The van der Waals surface area contributed by atoms with Crippen LogP contribution in [0.1, 0.15) is 0 Å². The maximum absolute atomic E-state index is 3.32. The van der Waals surface area contributed by atoms with E-state index in [0.717, 1.165) is 0 Å². The molecule has 1 rings (SSSR count). The molecule has 39 valence electrons. The summed E-state index contributed by atoms with van der Waals surface area (Å²) >= 11 is 3.32. The fraction of sp³-hybridized carbons (Fsp3) is 0.500. The van der Waals surface area contributed by atoms with Crippen LogP contribution >= 0.6 is 15.9 Å². The van der Waals surface area contributed by atoms with Gasteiger partial charge in [0.05, 0.1) is 6.20 Å². The smallest absolute Gasteiger partial charge is 0.156 e. The van der Waals surface area contributed by atoms with Gasteiger partial charge < -0.3 is 10.2 Å². The Morgan fingerprint density at radius 2 is 2.71 bits per heavy atom. The van der Waals surface area contributed by atoms with Crippen molar-refractivity contribution in [2.24, 2.45) is 0 Å². The Hall–Kier alpha value is -0.180. The summed E-state index contributed by atoms with van der Waals surface area (Å²) in [6.07, 6.45) is 4.70. The molecule has 0 aromatic carbocycles. The molecule has 0 fully saturated rings. The Labute approximate surface area is 51.3 Å². The Morgan fingerprint density at radius 1 is 2.00 bits per heavy atom. The van der Waals surface area contributed by atoms with Gasteiger partial charge in [-0.25, -0.2) is 0 Å². The van der Waals surface area contributed by atoms with E-state index in [0.29, 0.717) is 0 Å². The SMILES string of the molecule is CN1[C]=CNC1Br. The van der Waals surface area contributed by atoms with E-state index in [2.05, 4.69) is 27.4 Å². The van der Waals surface area contributed by atoms with Gasteiger partial charge >= 0.3 is 0 Å². The van der Waals surface area contributed by atoms with Crippen LogP contribution in [-0.4, -0.2) is 17.0 Å². The van der Waals surface area contributed by atoms with Crippen molar-refractivity contribution in [3.8, 4) is 0 Å². The van der Waals surface area contributed by atoms with Crippen molar-refractivity contribution < 1.29 is 0 Å². The van der Waals surface area contributed by atoms with Gasteiger partial charge in [0.2, 0.25) is 0 Å². The lowest BCUT2D eigenvalue weighted by molar-refractivity contribution is 0.429. The quantitative estimate of drug-likeness (QED) is 0.411. The maximum atomic E-state index is 3.32. The molecule has 1 unspecified atom stereocenters. The van der Waals surface area contributed by atoms with Gasteiger partial charge in [0.15, 0.2) is 5.08 Å². The highest BCUT2D eigenvalue weighted by molar-refractivity contribution is 9.09. The molecule has 1 atom stereocenters. The maximum Gasteiger partial charge on any atom is 0.156 e. The molecule has 0 aromatic heterocycles. The standard InChI is InChI=1S/C4H6BrN2/c1-7-3-2-6-4(7)5/h2,4,6H,1H3. The third-order valence-corrected chi connectivity index (χ3v) is 1.71. The van der Waals surface area contributed by atoms with E-state index >= 15 is 0 Å². The highest BCUT2D eigenvalue weighted by atomic mass is 79.9. The molecular formula is C4H6BrN2. The molecule has 0 bridgehead atoms. The Bertz CT molecular complexity index is 91.7. The van der Waals surface area contributed by atoms with Crippen LogP contribution in [0, 0.1) is 6.20 Å². The molecule has 0 amide bonds. The number of alkyl halides is 1. The average Bonchev–Trinajstić information content (AvgIpc) is 1.91. The van der Waals surface area contributed by atoms with Crippen molar-refractivity contribution in [1.29, 1.82) is 0 Å². The van der Waals surface area contributed by atoms with E-state index in [4.69, 9.17) is 0 Å². The molecule has 0 aliphatic carbocycles. The topological polar surface area (TPSA) is 15.3 Å². The van der Waals surface area contributed by atoms with Gasteiger partial charge in [-0.05, 0) is 15.9 Å². The molecule has 0 aromatic rings. The predicted molar refractivity (Wildman–Crippen MR) is 31.4 cm³/mol. The van der Waals surface area contributed by atoms with Gasteiger partial charge in [0, 0.05) is 13.2 Å². The fourth-order valence-electron chi connectivity index (χ4n) is 0.385. The summed E-state index contributed by atoms with van der Waals surface area (Å²) in [5.74, 6) is 0. The van der Waals surface area contributed by atoms with E-state index in [1.165, 1.54) is 0 Å². The monoisotopic (exact) mass is 161 g/mol. The van der Waals surface area contributed by atoms with E-state index in [1.54, 1.807) is 6.20 Å². The van der Waals surface area contributed by atoms with Crippen molar-refractivity contribution in [1.82, 2.24) is 10.2 Å². The average molecular weight is 162 g/mol. The lowest BCUT2D eigenvalue weighted by Crippen LogP contribution is -2.25. The molecule has 0 spiro atoms. The van der Waals surface area contributed by atoms with Crippen LogP contribution < -0.4 is 5.32 Å². The second-order valence-electron chi connectivity index (χ2n) is 1.39. The van der Waals surface area contributed by atoms with Gasteiger partial charge in [-0.15, -0.1) is 0 Å². The molecule has 1 radical (unpaired) electrons. The molecule has 1 heterocycles. The molecule has 3 heteroatoms. The molecule has 0 saturated carbocycles. The normalized spacial score (nSPS) is 28.3. The first-order valence-corrected chi connectivity index (χ1v) is 2.93. The lowest BCUT2D eigenvalue weighted by atomic mass is 10.9. The van der Waals surface area contributed by atoms with Crippen LogP contribution in [0.25, 0.3) is 0 Å². The Morgan fingerprint density at radius 3 is 2.86 bits per heavy atom. The highest BCUT2D eigenvalue weighted by Crippen LogP contribution is 2.04. The van der Waals surface area contributed by atoms with Crippen LogP contribution in [-0.2, 0) is 0 Å². The van der Waals surface area contributed by atoms with E-state index in [9.17, 15) is 0 Å². The first-order chi connectivity index (χ1) is 3.30. The van der Waals surface area contributed by atoms with Gasteiger partial charge in [-0.3, -0.25) is 0 Å². The van der Waals surface area contributed by atoms with Crippen LogP contribution in [0.5, 0.6) is 0 Å². The zero-order valence-electron chi connectivity index (χ0n) is 3.98. The molecule has 1 N–H and O–H groups in total. The Balaban J connectivity index is 2.45. The van der Waals surface area contributed by atoms with Gasteiger partial charge in [-0.2, -0.15) is 0 Å². The summed E-state index contributed by atoms with van der Waals surface area (Å²) in [6, 6.07) is 0. The number of nitrogens with one attached hydrogen (secondary N) is 1. The van der Waals surface area contributed by atoms with E-state index < -0.39 is 0 Å². The summed E-state index contributed by atoms with van der Waals surface area (Å²) in [5, 5.41) is 3.22. The van der Waals surface area contributed by atoms with Crippen LogP contribution in [0.15, 0.2) is 6.20 Å². The van der Waals surface area contributed by atoms with Crippen molar-refractivity contribution in [2.75, 3.05) is 7.05 Å². The zero-order valence-corrected chi connectivity index (χ0v) is 5.57. The largest absolute Gasteiger partial charge is 0.361 e. The van der Waals surface area contributed by atoms with Gasteiger partial charge in [-0.1, -0.05) is 0 Å². The van der Waals surface area contributed by atoms with Crippen LogP contribution in [0.4, 0.5) is 0 Å². The lowest BCUT2D eigenvalue weighted by Gasteiger charge is -2.11. The number of halogens is 1. The second kappa shape index (κ2) is 1.74. The van der Waals surface area contributed by atoms with E-state index in [-0.39, 0.29) is 5.08 Å².